The molecule has 0 spiro atoms. The highest BCUT2D eigenvalue weighted by Gasteiger charge is 2.30. The van der Waals surface area contributed by atoms with E-state index in [0.29, 0.717) is 53.2 Å². The molecule has 154 valence electrons. The molecule has 0 amide bonds. The number of benzene rings is 1. The number of carbonyl (C=O) groups is 1. The van der Waals surface area contributed by atoms with Crippen LogP contribution in [0.4, 0.5) is 15.3 Å². The summed E-state index contributed by atoms with van der Waals surface area (Å²) in [6, 6.07) is 5.48. The third kappa shape index (κ3) is 3.20. The van der Waals surface area contributed by atoms with Crippen molar-refractivity contribution in [2.24, 2.45) is 5.92 Å². The number of nitrogens with zero attached hydrogens (tertiary/aromatic N) is 5. The largest absolute Gasteiger partial charge is 0.424 e. The summed E-state index contributed by atoms with van der Waals surface area (Å²) in [5.41, 5.74) is 12.9. The number of thiazole rings is 1. The molecule has 0 atom stereocenters. The number of anilines is 2. The smallest absolute Gasteiger partial charge is 0.314 e. The second-order valence-corrected chi connectivity index (χ2v) is 8.35. The van der Waals surface area contributed by atoms with Crippen LogP contribution >= 0.6 is 11.3 Å². The fourth-order valence-corrected chi connectivity index (χ4v) is 4.73. The van der Waals surface area contributed by atoms with E-state index < -0.39 is 6.08 Å². The molecule has 0 aliphatic heterocycles. The lowest BCUT2D eigenvalue weighted by atomic mass is 9.86. The van der Waals surface area contributed by atoms with Crippen molar-refractivity contribution in [1.82, 2.24) is 24.5 Å². The minimum atomic E-state index is -0.879. The van der Waals surface area contributed by atoms with E-state index in [-0.39, 0.29) is 23.7 Å². The van der Waals surface area contributed by atoms with Crippen LogP contribution < -0.4 is 16.2 Å². The van der Waals surface area contributed by atoms with Gasteiger partial charge >= 0.3 is 12.0 Å². The molecule has 3 aromatic heterocycles. The Balaban J connectivity index is 1.29. The van der Waals surface area contributed by atoms with E-state index in [4.69, 9.17) is 16.2 Å². The number of carbonyl (C=O) groups excluding carboxylic acids is 1. The molecule has 0 radical (unpaired) electrons. The Morgan fingerprint density at radius 1 is 1.13 bits per heavy atom. The van der Waals surface area contributed by atoms with Crippen molar-refractivity contribution < 1.29 is 13.9 Å². The van der Waals surface area contributed by atoms with Crippen LogP contribution in [-0.4, -0.2) is 30.5 Å². The molecule has 1 aromatic carbocycles. The van der Waals surface area contributed by atoms with E-state index in [1.165, 1.54) is 11.3 Å². The minimum absolute atomic E-state index is 0.0189. The van der Waals surface area contributed by atoms with Crippen LogP contribution in [0.25, 0.3) is 21.4 Å². The topological polar surface area (TPSA) is 135 Å². The van der Waals surface area contributed by atoms with Gasteiger partial charge in [0.25, 0.3) is 0 Å². The summed E-state index contributed by atoms with van der Waals surface area (Å²) in [7, 11) is 0. The highest BCUT2D eigenvalue weighted by Crippen LogP contribution is 2.36. The van der Waals surface area contributed by atoms with E-state index in [1.807, 2.05) is 16.7 Å². The molecule has 0 saturated heterocycles. The highest BCUT2D eigenvalue weighted by atomic mass is 32.1. The maximum atomic E-state index is 13.6. The lowest BCUT2D eigenvalue weighted by Crippen LogP contribution is -2.27. The molecule has 1 aliphatic rings. The van der Waals surface area contributed by atoms with Gasteiger partial charge in [0.1, 0.15) is 11.0 Å². The molecule has 9 nitrogen and oxygen atoms in total. The molecule has 0 bridgehead atoms. The Hall–Kier alpha value is -3.34. The molecule has 4 aromatic rings. The number of aromatic nitrogens is 5. The Kier molecular flexibility index (Phi) is 4.46. The maximum Gasteiger partial charge on any atom is 0.314 e. The number of hydrogen-bond donors (Lipinski definition) is 2. The number of imidazole rings is 1. The van der Waals surface area contributed by atoms with Crippen LogP contribution in [0, 0.1) is 12.0 Å². The molecule has 11 heteroatoms. The molecule has 4 N–H and O–H groups in total. The van der Waals surface area contributed by atoms with E-state index in [1.54, 1.807) is 12.4 Å². The fraction of sp³-hybridized carbons (Fsp3) is 0.316. The average Bonchev–Trinajstić information content (AvgIpc) is 3.31. The van der Waals surface area contributed by atoms with Crippen molar-refractivity contribution in [3.05, 3.63) is 30.6 Å². The van der Waals surface area contributed by atoms with Gasteiger partial charge in [-0.3, -0.25) is 4.79 Å². The van der Waals surface area contributed by atoms with Gasteiger partial charge in [0.15, 0.2) is 22.3 Å². The first kappa shape index (κ1) is 18.7. The number of halogens is 1. The van der Waals surface area contributed by atoms with Gasteiger partial charge < -0.3 is 20.8 Å². The second-order valence-electron chi connectivity index (χ2n) is 7.28. The van der Waals surface area contributed by atoms with Crippen LogP contribution in [0.2, 0.25) is 0 Å². The molecule has 1 saturated carbocycles. The van der Waals surface area contributed by atoms with Crippen LogP contribution in [0.1, 0.15) is 31.7 Å². The predicted octanol–water partition coefficient (Wildman–Crippen LogP) is 3.08. The number of nitrogen functional groups attached to an aromatic ring is 2. The lowest BCUT2D eigenvalue weighted by molar-refractivity contribution is -0.140. The van der Waals surface area contributed by atoms with Crippen molar-refractivity contribution in [2.75, 3.05) is 11.5 Å². The summed E-state index contributed by atoms with van der Waals surface area (Å²) in [5.74, 6) is -0.0551. The first-order valence-electron chi connectivity index (χ1n) is 9.52. The second kappa shape index (κ2) is 7.17. The predicted molar refractivity (Wildman–Crippen MR) is 110 cm³/mol. The number of ether oxygens (including phenoxy) is 1. The zero-order valence-electron chi connectivity index (χ0n) is 15.8. The van der Waals surface area contributed by atoms with E-state index >= 15 is 0 Å². The number of nitrogens with two attached hydrogens (primary N) is 2. The van der Waals surface area contributed by atoms with Gasteiger partial charge in [-0.2, -0.15) is 14.4 Å². The zero-order chi connectivity index (χ0) is 20.8. The van der Waals surface area contributed by atoms with Crippen LogP contribution in [0.5, 0.6) is 5.75 Å². The molecular weight excluding hydrogens is 409 g/mol. The van der Waals surface area contributed by atoms with E-state index in [0.717, 1.165) is 4.70 Å². The van der Waals surface area contributed by atoms with Gasteiger partial charge in [0, 0.05) is 6.04 Å². The van der Waals surface area contributed by atoms with Crippen LogP contribution in [0.3, 0.4) is 0 Å². The van der Waals surface area contributed by atoms with Gasteiger partial charge in [-0.05, 0) is 37.8 Å². The molecule has 1 aliphatic carbocycles. The van der Waals surface area contributed by atoms with Crippen molar-refractivity contribution >= 4 is 49.6 Å². The third-order valence-electron chi connectivity index (χ3n) is 5.45. The van der Waals surface area contributed by atoms with Gasteiger partial charge in [-0.25, -0.2) is 9.97 Å². The number of fused-ring (bicyclic) bond motifs is 2. The molecule has 1 fully saturated rings. The highest BCUT2D eigenvalue weighted by molar-refractivity contribution is 7.22. The van der Waals surface area contributed by atoms with Gasteiger partial charge in [0.05, 0.1) is 16.9 Å². The lowest BCUT2D eigenvalue weighted by Gasteiger charge is -2.28. The first-order valence-corrected chi connectivity index (χ1v) is 10.3. The summed E-state index contributed by atoms with van der Waals surface area (Å²) < 4.78 is 21.9. The van der Waals surface area contributed by atoms with Crippen LogP contribution in [0.15, 0.2) is 24.5 Å². The zero-order valence-corrected chi connectivity index (χ0v) is 16.6. The Morgan fingerprint density at radius 2 is 1.93 bits per heavy atom. The van der Waals surface area contributed by atoms with E-state index in [9.17, 15) is 9.18 Å². The molecule has 5 rings (SSSR count). The quantitative estimate of drug-likeness (QED) is 0.289. The van der Waals surface area contributed by atoms with Gasteiger partial charge in [-0.15, -0.1) is 0 Å². The van der Waals surface area contributed by atoms with E-state index in [2.05, 4.69) is 19.9 Å². The van der Waals surface area contributed by atoms with Crippen molar-refractivity contribution in [1.29, 1.82) is 0 Å². The normalized spacial score (nSPS) is 19.4. The third-order valence-corrected chi connectivity index (χ3v) is 6.30. The molecule has 0 unspecified atom stereocenters. The fourth-order valence-electron chi connectivity index (χ4n) is 3.98. The summed E-state index contributed by atoms with van der Waals surface area (Å²) in [6.45, 7) is 0. The SMILES string of the molecule is Nc1nc2c(OC(=O)C3CCC(n4cnc5c(N)nc(F)nc54)CC3)cccc2s1. The van der Waals surface area contributed by atoms with Crippen molar-refractivity contribution in [3.63, 3.8) is 0 Å². The molecule has 3 heterocycles. The maximum absolute atomic E-state index is 13.6. The van der Waals surface area contributed by atoms with Crippen molar-refractivity contribution in [2.45, 2.75) is 31.7 Å². The number of rotatable bonds is 3. The van der Waals surface area contributed by atoms with Gasteiger partial charge in [-0.1, -0.05) is 17.4 Å². The summed E-state index contributed by atoms with van der Waals surface area (Å²) in [5, 5.41) is 0.433. The standard InChI is InChI=1S/C19H18FN7O2S/c20-18-25-15(21)14-16(26-18)27(8-23-14)10-6-4-9(5-7-10)17(28)29-11-2-1-3-12-13(11)24-19(22)30-12/h1-3,8-10H,4-7H2,(H2,22,24)(H2,21,25,26). The number of hydrogen-bond acceptors (Lipinski definition) is 9. The molecule has 30 heavy (non-hydrogen) atoms. The average molecular weight is 427 g/mol. The number of para-hydroxylation sites is 1. The summed E-state index contributed by atoms with van der Waals surface area (Å²) in [6.07, 6.45) is 3.43. The minimum Gasteiger partial charge on any atom is -0.424 e. The van der Waals surface area contributed by atoms with Crippen molar-refractivity contribution in [3.8, 4) is 5.75 Å². The summed E-state index contributed by atoms with van der Waals surface area (Å²) in [4.78, 5) is 28.6. The van der Waals surface area contributed by atoms with Crippen LogP contribution in [-0.2, 0) is 4.79 Å². The summed E-state index contributed by atoms with van der Waals surface area (Å²) >= 11 is 1.35. The Labute approximate surface area is 173 Å². The monoisotopic (exact) mass is 427 g/mol. The Bertz CT molecular complexity index is 1260. The van der Waals surface area contributed by atoms with Gasteiger partial charge in [0.2, 0.25) is 0 Å². The molecular formula is C19H18FN7O2S. The first-order chi connectivity index (χ1) is 14.5. The number of esters is 1. The Morgan fingerprint density at radius 3 is 2.73 bits per heavy atom.